The van der Waals surface area contributed by atoms with Crippen LogP contribution in [-0.2, 0) is 4.74 Å². The Morgan fingerprint density at radius 2 is 2.21 bits per heavy atom. The second kappa shape index (κ2) is 7.97. The lowest BCUT2D eigenvalue weighted by molar-refractivity contribution is 0.0142. The quantitative estimate of drug-likeness (QED) is 0.842. The lowest BCUT2D eigenvalue weighted by Crippen LogP contribution is -2.45. The van der Waals surface area contributed by atoms with E-state index in [-0.39, 0.29) is 12.1 Å². The molecule has 1 fully saturated rings. The lowest BCUT2D eigenvalue weighted by atomic mass is 9.97. The van der Waals surface area contributed by atoms with Crippen molar-refractivity contribution in [2.24, 2.45) is 5.92 Å². The van der Waals surface area contributed by atoms with E-state index in [1.807, 2.05) is 44.0 Å². The highest BCUT2D eigenvalue weighted by Crippen LogP contribution is 2.23. The Morgan fingerprint density at radius 1 is 1.46 bits per heavy atom. The van der Waals surface area contributed by atoms with Crippen LogP contribution in [0, 0.1) is 5.92 Å². The molecule has 0 saturated carbocycles. The van der Waals surface area contributed by atoms with E-state index in [4.69, 9.17) is 4.74 Å². The molecule has 1 aromatic heterocycles. The third-order valence-corrected chi connectivity index (χ3v) is 4.49. The standard InChI is InChI=1S/C19H31N3O2/c1-15(17-10-6-7-11-20-17)21(5)13-16-9-8-12-22(14-16)18(23)24-19(2,3)4/h6-7,10-11,15-16H,8-9,12-14H2,1-5H3/t15-,16-/m1/s1. The molecular weight excluding hydrogens is 302 g/mol. The number of likely N-dealkylation sites (tertiary alicyclic amines) is 1. The van der Waals surface area contributed by atoms with E-state index in [9.17, 15) is 4.79 Å². The molecule has 0 N–H and O–H groups in total. The predicted octanol–water partition coefficient (Wildman–Crippen LogP) is 3.72. The van der Waals surface area contributed by atoms with Crippen molar-refractivity contribution in [1.29, 1.82) is 0 Å². The second-order valence-corrected chi connectivity index (χ2v) is 7.80. The highest BCUT2D eigenvalue weighted by Gasteiger charge is 2.28. The molecule has 134 valence electrons. The molecule has 2 atom stereocenters. The van der Waals surface area contributed by atoms with E-state index in [2.05, 4.69) is 29.9 Å². The van der Waals surface area contributed by atoms with Gasteiger partial charge in [0.05, 0.1) is 5.69 Å². The predicted molar refractivity (Wildman–Crippen MR) is 95.8 cm³/mol. The number of carbonyl (C=O) groups is 1. The van der Waals surface area contributed by atoms with Gasteiger partial charge in [-0.05, 0) is 65.6 Å². The van der Waals surface area contributed by atoms with E-state index in [0.29, 0.717) is 5.92 Å². The first-order chi connectivity index (χ1) is 11.3. The van der Waals surface area contributed by atoms with Crippen LogP contribution < -0.4 is 0 Å². The zero-order valence-electron chi connectivity index (χ0n) is 15.7. The number of nitrogens with zero attached hydrogens (tertiary/aromatic N) is 3. The maximum atomic E-state index is 12.3. The van der Waals surface area contributed by atoms with Crippen molar-refractivity contribution in [3.8, 4) is 0 Å². The van der Waals surface area contributed by atoms with E-state index in [1.54, 1.807) is 0 Å². The molecule has 0 bridgehead atoms. The molecule has 5 heteroatoms. The summed E-state index contributed by atoms with van der Waals surface area (Å²) in [5, 5.41) is 0. The van der Waals surface area contributed by atoms with Crippen molar-refractivity contribution in [1.82, 2.24) is 14.8 Å². The van der Waals surface area contributed by atoms with Gasteiger partial charge in [-0.15, -0.1) is 0 Å². The number of amides is 1. The smallest absolute Gasteiger partial charge is 0.410 e. The van der Waals surface area contributed by atoms with Gasteiger partial charge in [0.2, 0.25) is 0 Å². The third-order valence-electron chi connectivity index (χ3n) is 4.49. The zero-order valence-corrected chi connectivity index (χ0v) is 15.7. The van der Waals surface area contributed by atoms with Crippen LogP contribution in [-0.4, -0.2) is 53.2 Å². The topological polar surface area (TPSA) is 45.7 Å². The number of pyridine rings is 1. The number of piperidine rings is 1. The van der Waals surface area contributed by atoms with Gasteiger partial charge in [-0.1, -0.05) is 6.07 Å². The highest BCUT2D eigenvalue weighted by molar-refractivity contribution is 5.68. The van der Waals surface area contributed by atoms with Crippen LogP contribution in [0.25, 0.3) is 0 Å². The van der Waals surface area contributed by atoms with Crippen molar-refractivity contribution in [2.45, 2.75) is 52.2 Å². The molecule has 0 aliphatic carbocycles. The first kappa shape index (κ1) is 18.7. The van der Waals surface area contributed by atoms with Crippen molar-refractivity contribution in [3.05, 3.63) is 30.1 Å². The molecule has 1 amide bonds. The summed E-state index contributed by atoms with van der Waals surface area (Å²) in [5.41, 5.74) is 0.647. The third kappa shape index (κ3) is 5.48. The van der Waals surface area contributed by atoms with Gasteiger partial charge in [-0.25, -0.2) is 4.79 Å². The molecule has 2 heterocycles. The fraction of sp³-hybridized carbons (Fsp3) is 0.684. The number of hydrogen-bond acceptors (Lipinski definition) is 4. The average Bonchev–Trinajstić information content (AvgIpc) is 2.53. The SMILES string of the molecule is C[C@H](c1ccccn1)N(C)C[C@H]1CCCN(C(=O)OC(C)(C)C)C1. The molecule has 24 heavy (non-hydrogen) atoms. The van der Waals surface area contributed by atoms with Crippen LogP contribution in [0.5, 0.6) is 0 Å². The molecule has 1 aliphatic rings. The maximum absolute atomic E-state index is 12.3. The zero-order chi connectivity index (χ0) is 17.7. The van der Waals surface area contributed by atoms with Gasteiger partial charge in [-0.2, -0.15) is 0 Å². The van der Waals surface area contributed by atoms with Gasteiger partial charge >= 0.3 is 6.09 Å². The number of hydrogen-bond donors (Lipinski definition) is 0. The van der Waals surface area contributed by atoms with Crippen LogP contribution in [0.15, 0.2) is 24.4 Å². The van der Waals surface area contributed by atoms with Crippen LogP contribution >= 0.6 is 0 Å². The Kier molecular flexibility index (Phi) is 6.21. The van der Waals surface area contributed by atoms with Crippen molar-refractivity contribution < 1.29 is 9.53 Å². The first-order valence-corrected chi connectivity index (χ1v) is 8.85. The van der Waals surface area contributed by atoms with Crippen molar-refractivity contribution in [3.63, 3.8) is 0 Å². The first-order valence-electron chi connectivity index (χ1n) is 8.85. The molecule has 5 nitrogen and oxygen atoms in total. The molecule has 0 unspecified atom stereocenters. The Morgan fingerprint density at radius 3 is 2.83 bits per heavy atom. The summed E-state index contributed by atoms with van der Waals surface area (Å²) in [6.07, 6.45) is 3.84. The lowest BCUT2D eigenvalue weighted by Gasteiger charge is -2.36. The number of carbonyl (C=O) groups excluding carboxylic acids is 1. The minimum Gasteiger partial charge on any atom is -0.444 e. The Hall–Kier alpha value is -1.62. The summed E-state index contributed by atoms with van der Waals surface area (Å²) in [5.74, 6) is 0.474. The molecule has 0 radical (unpaired) electrons. The number of aromatic nitrogens is 1. The maximum Gasteiger partial charge on any atom is 0.410 e. The van der Waals surface area contributed by atoms with Gasteiger partial charge in [0.15, 0.2) is 0 Å². The van der Waals surface area contributed by atoms with E-state index in [1.165, 1.54) is 0 Å². The van der Waals surface area contributed by atoms with Crippen LogP contribution in [0.2, 0.25) is 0 Å². The Bertz CT molecular complexity index is 527. The largest absolute Gasteiger partial charge is 0.444 e. The number of rotatable bonds is 4. The molecule has 1 aliphatic heterocycles. The van der Waals surface area contributed by atoms with E-state index >= 15 is 0 Å². The molecular formula is C19H31N3O2. The summed E-state index contributed by atoms with van der Waals surface area (Å²) in [6, 6.07) is 6.30. The van der Waals surface area contributed by atoms with Gasteiger partial charge in [0.25, 0.3) is 0 Å². The molecule has 2 rings (SSSR count). The van der Waals surface area contributed by atoms with E-state index < -0.39 is 5.60 Å². The summed E-state index contributed by atoms with van der Waals surface area (Å²) in [7, 11) is 2.13. The Labute approximate surface area is 146 Å². The summed E-state index contributed by atoms with van der Waals surface area (Å²) >= 11 is 0. The number of ether oxygens (including phenoxy) is 1. The van der Waals surface area contributed by atoms with E-state index in [0.717, 1.165) is 38.2 Å². The second-order valence-electron chi connectivity index (χ2n) is 7.80. The van der Waals surface area contributed by atoms with Gasteiger partial charge in [0, 0.05) is 31.9 Å². The highest BCUT2D eigenvalue weighted by atomic mass is 16.6. The van der Waals surface area contributed by atoms with Gasteiger partial charge in [-0.3, -0.25) is 9.88 Å². The Balaban J connectivity index is 1.89. The minimum atomic E-state index is -0.436. The van der Waals surface area contributed by atoms with Crippen LogP contribution in [0.4, 0.5) is 4.79 Å². The van der Waals surface area contributed by atoms with Crippen LogP contribution in [0.1, 0.15) is 52.3 Å². The molecule has 1 saturated heterocycles. The van der Waals surface area contributed by atoms with Gasteiger partial charge < -0.3 is 9.64 Å². The summed E-state index contributed by atoms with van der Waals surface area (Å²) in [6.45, 7) is 10.4. The normalized spacial score (nSPS) is 20.1. The molecule has 0 spiro atoms. The average molecular weight is 333 g/mol. The van der Waals surface area contributed by atoms with Crippen molar-refractivity contribution in [2.75, 3.05) is 26.7 Å². The minimum absolute atomic E-state index is 0.187. The molecule has 1 aromatic rings. The summed E-state index contributed by atoms with van der Waals surface area (Å²) in [4.78, 5) is 20.9. The molecule has 0 aromatic carbocycles. The van der Waals surface area contributed by atoms with Gasteiger partial charge in [0.1, 0.15) is 5.60 Å². The monoisotopic (exact) mass is 333 g/mol. The fourth-order valence-corrected chi connectivity index (χ4v) is 3.12. The van der Waals surface area contributed by atoms with Crippen molar-refractivity contribution >= 4 is 6.09 Å². The van der Waals surface area contributed by atoms with Crippen LogP contribution in [0.3, 0.4) is 0 Å². The summed E-state index contributed by atoms with van der Waals surface area (Å²) < 4.78 is 5.51. The fourth-order valence-electron chi connectivity index (χ4n) is 3.12.